The summed E-state index contributed by atoms with van der Waals surface area (Å²) in [5.74, 6) is 0.354. The monoisotopic (exact) mass is 542 g/mol. The van der Waals surface area contributed by atoms with E-state index in [0.29, 0.717) is 25.9 Å². The van der Waals surface area contributed by atoms with Gasteiger partial charge >= 0.3 is 0 Å². The summed E-state index contributed by atoms with van der Waals surface area (Å²) < 4.78 is 5.90. The predicted octanol–water partition coefficient (Wildman–Crippen LogP) is 5.81. The average molecular weight is 542 g/mol. The molecule has 4 rings (SSSR count). The lowest BCUT2D eigenvalue weighted by atomic mass is 10.1. The van der Waals surface area contributed by atoms with Gasteiger partial charge in [-0.15, -0.1) is 0 Å². The van der Waals surface area contributed by atoms with Crippen LogP contribution in [-0.2, 0) is 11.3 Å². The summed E-state index contributed by atoms with van der Waals surface area (Å²) in [6.45, 7) is 0.437. The SMILES string of the molecule is COc1cc(/C=C2/SC(=Nc3ccccc3)N(Cc3ccccc3)C2=O)cc(I)c1O. The van der Waals surface area contributed by atoms with Crippen molar-refractivity contribution in [2.75, 3.05) is 7.11 Å². The number of aliphatic imine (C=N–C) groups is 1. The van der Waals surface area contributed by atoms with Crippen LogP contribution in [0.25, 0.3) is 6.08 Å². The van der Waals surface area contributed by atoms with Gasteiger partial charge in [-0.1, -0.05) is 48.5 Å². The number of ether oxygens (including phenoxy) is 1. The summed E-state index contributed by atoms with van der Waals surface area (Å²) >= 11 is 3.38. The van der Waals surface area contributed by atoms with Crippen LogP contribution in [0, 0.1) is 3.57 Å². The minimum absolute atomic E-state index is 0.0904. The number of halogens is 1. The van der Waals surface area contributed by atoms with Gasteiger partial charge in [-0.3, -0.25) is 9.69 Å². The molecule has 0 bridgehead atoms. The number of amides is 1. The van der Waals surface area contributed by atoms with Crippen molar-refractivity contribution in [3.63, 3.8) is 0 Å². The number of rotatable bonds is 5. The number of phenolic OH excluding ortho intramolecular Hbond substituents is 1. The molecule has 5 nitrogen and oxygen atoms in total. The number of benzene rings is 3. The standard InChI is InChI=1S/C24H19IN2O3S/c1-30-20-13-17(12-19(25)22(20)28)14-21-23(29)27(15-16-8-4-2-5-9-16)24(31-21)26-18-10-6-3-7-11-18/h2-14,28H,15H2,1H3/b21-14+,26-24?. The molecule has 7 heteroatoms. The number of carbonyl (C=O) groups excluding carboxylic acids is 1. The number of phenols is 1. The number of aromatic hydroxyl groups is 1. The van der Waals surface area contributed by atoms with Gasteiger partial charge in [0.05, 0.1) is 27.8 Å². The Hall–Kier alpha value is -2.78. The van der Waals surface area contributed by atoms with Crippen LogP contribution in [-0.4, -0.2) is 28.2 Å². The molecular weight excluding hydrogens is 523 g/mol. The molecule has 0 atom stereocenters. The second-order valence-electron chi connectivity index (χ2n) is 6.77. The zero-order valence-electron chi connectivity index (χ0n) is 16.7. The van der Waals surface area contributed by atoms with Gasteiger partial charge in [0.15, 0.2) is 16.7 Å². The first-order chi connectivity index (χ1) is 15.0. The highest BCUT2D eigenvalue weighted by atomic mass is 127. The zero-order valence-corrected chi connectivity index (χ0v) is 19.6. The molecule has 3 aromatic rings. The summed E-state index contributed by atoms with van der Waals surface area (Å²) in [5.41, 5.74) is 2.59. The Morgan fingerprint density at radius 1 is 1.10 bits per heavy atom. The average Bonchev–Trinajstić information content (AvgIpc) is 3.06. The molecule has 1 heterocycles. The summed E-state index contributed by atoms with van der Waals surface area (Å²) in [4.78, 5) is 20.3. The molecule has 0 spiro atoms. The number of nitrogens with zero attached hydrogens (tertiary/aromatic N) is 2. The highest BCUT2D eigenvalue weighted by Crippen LogP contribution is 2.37. The maximum Gasteiger partial charge on any atom is 0.267 e. The van der Waals surface area contributed by atoms with E-state index >= 15 is 0 Å². The molecule has 1 aliphatic heterocycles. The van der Waals surface area contributed by atoms with Crippen molar-refractivity contribution in [3.05, 3.63) is 92.4 Å². The highest BCUT2D eigenvalue weighted by Gasteiger charge is 2.33. The van der Waals surface area contributed by atoms with E-state index in [1.165, 1.54) is 18.9 Å². The third-order valence-electron chi connectivity index (χ3n) is 4.62. The van der Waals surface area contributed by atoms with Crippen LogP contribution < -0.4 is 4.74 Å². The Morgan fingerprint density at radius 2 is 1.77 bits per heavy atom. The quantitative estimate of drug-likeness (QED) is 0.327. The van der Waals surface area contributed by atoms with Crippen LogP contribution in [0.2, 0.25) is 0 Å². The lowest BCUT2D eigenvalue weighted by Gasteiger charge is -2.15. The third kappa shape index (κ3) is 4.94. The van der Waals surface area contributed by atoms with Crippen LogP contribution in [0.5, 0.6) is 11.5 Å². The molecule has 0 saturated carbocycles. The first-order valence-corrected chi connectivity index (χ1v) is 11.4. The minimum atomic E-state index is -0.106. The maximum absolute atomic E-state index is 13.3. The highest BCUT2D eigenvalue weighted by molar-refractivity contribution is 14.1. The Balaban J connectivity index is 1.72. The number of para-hydroxylation sites is 1. The fourth-order valence-corrected chi connectivity index (χ4v) is 4.72. The van der Waals surface area contributed by atoms with E-state index in [2.05, 4.69) is 0 Å². The van der Waals surface area contributed by atoms with E-state index < -0.39 is 0 Å². The van der Waals surface area contributed by atoms with Crippen LogP contribution >= 0.6 is 34.4 Å². The molecule has 1 saturated heterocycles. The molecule has 0 aromatic heterocycles. The van der Waals surface area contributed by atoms with Crippen LogP contribution in [0.3, 0.4) is 0 Å². The van der Waals surface area contributed by atoms with Crippen LogP contribution in [0.15, 0.2) is 82.7 Å². The van der Waals surface area contributed by atoms with E-state index in [-0.39, 0.29) is 11.7 Å². The Morgan fingerprint density at radius 3 is 2.45 bits per heavy atom. The fourth-order valence-electron chi connectivity index (χ4n) is 3.09. The van der Waals surface area contributed by atoms with Gasteiger partial charge in [-0.2, -0.15) is 0 Å². The molecule has 0 radical (unpaired) electrons. The number of amidine groups is 1. The molecule has 1 aliphatic rings. The van der Waals surface area contributed by atoms with Gasteiger partial charge in [-0.25, -0.2) is 4.99 Å². The van der Waals surface area contributed by atoms with Crippen molar-refractivity contribution in [1.82, 2.24) is 4.90 Å². The predicted molar refractivity (Wildman–Crippen MR) is 133 cm³/mol. The number of hydrogen-bond donors (Lipinski definition) is 1. The van der Waals surface area contributed by atoms with Gasteiger partial charge in [0, 0.05) is 0 Å². The molecule has 3 aromatic carbocycles. The Labute approximate surface area is 198 Å². The first kappa shape index (κ1) is 21.5. The van der Waals surface area contributed by atoms with E-state index in [0.717, 1.165) is 16.8 Å². The van der Waals surface area contributed by atoms with Gasteiger partial charge in [-0.05, 0) is 75.8 Å². The van der Waals surface area contributed by atoms with Crippen molar-refractivity contribution in [3.8, 4) is 11.5 Å². The first-order valence-electron chi connectivity index (χ1n) is 9.50. The summed E-state index contributed by atoms with van der Waals surface area (Å²) in [5, 5.41) is 10.7. The molecule has 31 heavy (non-hydrogen) atoms. The second kappa shape index (κ2) is 9.57. The minimum Gasteiger partial charge on any atom is -0.504 e. The fraction of sp³-hybridized carbons (Fsp3) is 0.0833. The third-order valence-corrected chi connectivity index (χ3v) is 6.45. The zero-order chi connectivity index (χ0) is 21.8. The molecule has 0 aliphatic carbocycles. The van der Waals surface area contributed by atoms with Crippen molar-refractivity contribution in [2.45, 2.75) is 6.54 Å². The maximum atomic E-state index is 13.3. The molecule has 1 amide bonds. The van der Waals surface area contributed by atoms with Crippen molar-refractivity contribution in [1.29, 1.82) is 0 Å². The largest absolute Gasteiger partial charge is 0.504 e. The van der Waals surface area contributed by atoms with E-state index in [1.807, 2.05) is 95.4 Å². The van der Waals surface area contributed by atoms with Crippen molar-refractivity contribution in [2.24, 2.45) is 4.99 Å². The number of hydrogen-bond acceptors (Lipinski definition) is 5. The number of methoxy groups -OCH3 is 1. The number of carbonyl (C=O) groups is 1. The van der Waals surface area contributed by atoms with E-state index in [4.69, 9.17) is 9.73 Å². The Bertz CT molecular complexity index is 1160. The molecule has 156 valence electrons. The van der Waals surface area contributed by atoms with E-state index in [1.54, 1.807) is 11.0 Å². The molecule has 0 unspecified atom stereocenters. The summed E-state index contributed by atoms with van der Waals surface area (Å²) in [6.07, 6.45) is 1.81. The van der Waals surface area contributed by atoms with Gasteiger partial charge in [0.25, 0.3) is 5.91 Å². The lowest BCUT2D eigenvalue weighted by molar-refractivity contribution is -0.122. The van der Waals surface area contributed by atoms with Crippen molar-refractivity contribution < 1.29 is 14.6 Å². The van der Waals surface area contributed by atoms with E-state index in [9.17, 15) is 9.90 Å². The lowest BCUT2D eigenvalue weighted by Crippen LogP contribution is -2.28. The number of thioether (sulfide) groups is 1. The van der Waals surface area contributed by atoms with Crippen molar-refractivity contribution >= 4 is 57.2 Å². The smallest absolute Gasteiger partial charge is 0.267 e. The van der Waals surface area contributed by atoms with Gasteiger partial charge in [0.1, 0.15) is 0 Å². The summed E-state index contributed by atoms with van der Waals surface area (Å²) in [6, 6.07) is 23.0. The molecule has 1 N–H and O–H groups in total. The van der Waals surface area contributed by atoms with Gasteiger partial charge in [0.2, 0.25) is 0 Å². The topological polar surface area (TPSA) is 62.1 Å². The second-order valence-corrected chi connectivity index (χ2v) is 8.94. The normalized spacial score (nSPS) is 16.3. The molecular formula is C24H19IN2O3S. The van der Waals surface area contributed by atoms with Crippen LogP contribution in [0.4, 0.5) is 5.69 Å². The summed E-state index contributed by atoms with van der Waals surface area (Å²) in [7, 11) is 1.50. The Kier molecular flexibility index (Phi) is 6.62. The molecule has 1 fully saturated rings. The van der Waals surface area contributed by atoms with Gasteiger partial charge < -0.3 is 9.84 Å². The van der Waals surface area contributed by atoms with Crippen LogP contribution in [0.1, 0.15) is 11.1 Å².